The van der Waals surface area contributed by atoms with Crippen LogP contribution in [-0.4, -0.2) is 47.9 Å². The monoisotopic (exact) mass is 415 g/mol. The number of carbonyl (C=O) groups excluding carboxylic acids is 2. The number of benzene rings is 1. The summed E-state index contributed by atoms with van der Waals surface area (Å²) < 4.78 is 39.6. The molecule has 0 saturated heterocycles. The van der Waals surface area contributed by atoms with E-state index in [9.17, 15) is 27.9 Å². The first-order chi connectivity index (χ1) is 13.2. The van der Waals surface area contributed by atoms with Crippen molar-refractivity contribution in [3.63, 3.8) is 0 Å². The number of carboxylic acids is 1. The van der Waals surface area contributed by atoms with Crippen molar-refractivity contribution in [2.45, 2.75) is 6.18 Å². The Balaban J connectivity index is 0.00000240. The van der Waals surface area contributed by atoms with Gasteiger partial charge < -0.3 is 19.7 Å². The average molecular weight is 415 g/mol. The van der Waals surface area contributed by atoms with Gasteiger partial charge in [-0.15, -0.1) is 0 Å². The third kappa shape index (κ3) is 4.06. The number of thiazole rings is 1. The van der Waals surface area contributed by atoms with Crippen molar-refractivity contribution in [1.82, 2.24) is 9.88 Å². The molecule has 4 rings (SSSR count). The molecule has 0 aliphatic carbocycles. The molecule has 0 fully saturated rings. The molecule has 11 heteroatoms. The van der Waals surface area contributed by atoms with Gasteiger partial charge in [-0.3, -0.25) is 4.79 Å². The van der Waals surface area contributed by atoms with Gasteiger partial charge in [-0.05, 0) is 23.3 Å². The molecule has 3 heterocycles. The zero-order chi connectivity index (χ0) is 20.1. The van der Waals surface area contributed by atoms with E-state index in [0.717, 1.165) is 28.5 Å². The molecule has 0 spiro atoms. The number of hydrogen-bond donors (Lipinski definition) is 0. The van der Waals surface area contributed by atoms with Gasteiger partial charge in [-0.25, -0.2) is 4.98 Å². The summed E-state index contributed by atoms with van der Waals surface area (Å²) in [5, 5.41) is 11.4. The van der Waals surface area contributed by atoms with Crippen LogP contribution in [0.5, 0.6) is 0 Å². The van der Waals surface area contributed by atoms with Gasteiger partial charge in [0.25, 0.3) is 5.91 Å². The smallest absolute Gasteiger partial charge is 0.544 e. The Morgan fingerprint density at radius 3 is 2.24 bits per heavy atom. The molecule has 2 aliphatic heterocycles. The van der Waals surface area contributed by atoms with Gasteiger partial charge in [0, 0.05) is 32.4 Å². The Kier molecular flexibility index (Phi) is 5.81. The van der Waals surface area contributed by atoms with Crippen LogP contribution in [0.15, 0.2) is 41.6 Å². The number of halogens is 3. The molecular weight excluding hydrogens is 402 g/mol. The molecule has 2 aliphatic rings. The summed E-state index contributed by atoms with van der Waals surface area (Å²) in [5.41, 5.74) is 0.601. The fraction of sp³-hybridized carbons (Fsp3) is 0.278. The van der Waals surface area contributed by atoms with Crippen LogP contribution in [0.2, 0.25) is 0 Å². The van der Waals surface area contributed by atoms with Crippen LogP contribution in [0.4, 0.5) is 18.3 Å². The Morgan fingerprint density at radius 1 is 1.07 bits per heavy atom. The fourth-order valence-corrected chi connectivity index (χ4v) is 4.20. The van der Waals surface area contributed by atoms with E-state index >= 15 is 0 Å². The van der Waals surface area contributed by atoms with Gasteiger partial charge in [-0.1, -0.05) is 23.5 Å². The second-order valence-electron chi connectivity index (χ2n) is 6.56. The third-order valence-electron chi connectivity index (χ3n) is 4.74. The van der Waals surface area contributed by atoms with E-state index in [1.807, 2.05) is 4.90 Å². The first kappa shape index (κ1) is 21.4. The number of amides is 1. The van der Waals surface area contributed by atoms with Crippen molar-refractivity contribution < 1.29 is 46.7 Å². The molecule has 0 bridgehead atoms. The molecule has 0 unspecified atom stereocenters. The number of rotatable bonds is 3. The molecule has 1 aromatic carbocycles. The minimum absolute atomic E-state index is 0. The average Bonchev–Trinajstić information content (AvgIpc) is 3.34. The van der Waals surface area contributed by atoms with Gasteiger partial charge in [0.05, 0.1) is 22.0 Å². The van der Waals surface area contributed by atoms with E-state index in [2.05, 4.69) is 4.98 Å². The number of hydrogen-bond acceptors (Lipinski definition) is 6. The standard InChI is InChI=1S/C18H14F3N3O3S.Li/c19-18(20,21)13-4-2-1-3-12(13)15(25)23-6-10-8-24(9-11(10)7-23)17-22-5-14(28-17)16(26)27;/h1-5H,6-9H2,(H,26,27);/q;+1/p-1. The molecule has 0 saturated carbocycles. The van der Waals surface area contributed by atoms with Crippen LogP contribution in [0, 0.1) is 0 Å². The van der Waals surface area contributed by atoms with Crippen LogP contribution in [0.25, 0.3) is 0 Å². The van der Waals surface area contributed by atoms with Crippen LogP contribution in [0.1, 0.15) is 25.6 Å². The summed E-state index contributed by atoms with van der Waals surface area (Å²) in [5.74, 6) is -1.94. The van der Waals surface area contributed by atoms with E-state index in [4.69, 9.17) is 0 Å². The number of aromatic carboxylic acids is 1. The van der Waals surface area contributed by atoms with E-state index in [1.54, 1.807) is 0 Å². The Bertz CT molecular complexity index is 987. The molecule has 1 aromatic heterocycles. The molecule has 0 N–H and O–H groups in total. The van der Waals surface area contributed by atoms with E-state index < -0.39 is 23.6 Å². The number of anilines is 1. The van der Waals surface area contributed by atoms with Gasteiger partial charge in [-0.2, -0.15) is 13.2 Å². The quantitative estimate of drug-likeness (QED) is 0.465. The molecule has 29 heavy (non-hydrogen) atoms. The van der Waals surface area contributed by atoms with Crippen molar-refractivity contribution in [1.29, 1.82) is 0 Å². The predicted molar refractivity (Wildman–Crippen MR) is 93.0 cm³/mol. The molecular formula is C18H13F3LiN3O3S. The van der Waals surface area contributed by atoms with Gasteiger partial charge in [0.2, 0.25) is 0 Å². The zero-order valence-electron chi connectivity index (χ0n) is 15.3. The predicted octanol–water partition coefficient (Wildman–Crippen LogP) is -1.20. The van der Waals surface area contributed by atoms with E-state index in [0.29, 0.717) is 18.2 Å². The maximum absolute atomic E-state index is 13.2. The summed E-state index contributed by atoms with van der Waals surface area (Å²) in [6.07, 6.45) is -3.36. The maximum atomic E-state index is 13.2. The topological polar surface area (TPSA) is 76.6 Å². The fourth-order valence-electron chi connectivity index (χ4n) is 3.45. The minimum atomic E-state index is -4.60. The Labute approximate surface area is 179 Å². The van der Waals surface area contributed by atoms with Gasteiger partial charge >= 0.3 is 25.0 Å². The molecule has 0 atom stereocenters. The summed E-state index contributed by atoms with van der Waals surface area (Å²) >= 11 is 1.01. The number of nitrogens with zero attached hydrogens (tertiary/aromatic N) is 3. The largest absolute Gasteiger partial charge is 1.00 e. The van der Waals surface area contributed by atoms with Crippen molar-refractivity contribution in [3.05, 3.63) is 57.6 Å². The Morgan fingerprint density at radius 2 is 1.69 bits per heavy atom. The number of carboxylic acid groups (broad SMARTS) is 1. The van der Waals surface area contributed by atoms with Crippen molar-refractivity contribution in [2.75, 3.05) is 31.1 Å². The van der Waals surface area contributed by atoms with Crippen LogP contribution < -0.4 is 28.9 Å². The van der Waals surface area contributed by atoms with E-state index in [1.165, 1.54) is 29.3 Å². The normalized spacial score (nSPS) is 16.1. The molecule has 0 radical (unpaired) electrons. The summed E-state index contributed by atoms with van der Waals surface area (Å²) in [4.78, 5) is 31.0. The Hall–Kier alpha value is -2.28. The SMILES string of the molecule is O=C([O-])c1cnc(N2CC3=C(CN(C(=O)c4ccccc4C(F)(F)F)C3)C2)s1.[Li+]. The van der Waals surface area contributed by atoms with Crippen molar-refractivity contribution in [2.24, 2.45) is 0 Å². The van der Waals surface area contributed by atoms with Crippen LogP contribution in [-0.2, 0) is 6.18 Å². The van der Waals surface area contributed by atoms with Crippen LogP contribution in [0.3, 0.4) is 0 Å². The molecule has 2 aromatic rings. The summed E-state index contributed by atoms with van der Waals surface area (Å²) in [6.45, 7) is 1.41. The first-order valence-corrected chi connectivity index (χ1v) is 9.13. The van der Waals surface area contributed by atoms with Gasteiger partial charge in [0.15, 0.2) is 5.13 Å². The number of carbonyl (C=O) groups is 2. The number of alkyl halides is 3. The molecule has 1 amide bonds. The summed E-state index contributed by atoms with van der Waals surface area (Å²) in [7, 11) is 0. The number of aromatic nitrogens is 1. The zero-order valence-corrected chi connectivity index (χ0v) is 16.1. The minimum Gasteiger partial charge on any atom is -0.544 e. The second kappa shape index (κ2) is 7.86. The van der Waals surface area contributed by atoms with Crippen molar-refractivity contribution in [3.8, 4) is 0 Å². The van der Waals surface area contributed by atoms with Gasteiger partial charge in [0.1, 0.15) is 0 Å². The first-order valence-electron chi connectivity index (χ1n) is 8.31. The maximum Gasteiger partial charge on any atom is 1.00 e. The summed E-state index contributed by atoms with van der Waals surface area (Å²) in [6, 6.07) is 4.77. The molecule has 6 nitrogen and oxygen atoms in total. The second-order valence-corrected chi connectivity index (χ2v) is 7.57. The van der Waals surface area contributed by atoms with E-state index in [-0.39, 0.29) is 42.4 Å². The third-order valence-corrected chi connectivity index (χ3v) is 5.78. The molecule has 146 valence electrons. The van der Waals surface area contributed by atoms with Crippen molar-refractivity contribution >= 4 is 28.3 Å². The van der Waals surface area contributed by atoms with Crippen LogP contribution >= 0.6 is 11.3 Å².